The molecule has 0 saturated heterocycles. The average Bonchev–Trinajstić information content (AvgIpc) is 2.19. The Kier molecular flexibility index (Phi) is 3.88. The Morgan fingerprint density at radius 2 is 2.20 bits per heavy atom. The number of hydrogen-bond acceptors (Lipinski definition) is 4. The third-order valence-corrected chi connectivity index (χ3v) is 2.49. The van der Waals surface area contributed by atoms with Crippen molar-refractivity contribution in [3.63, 3.8) is 0 Å². The van der Waals surface area contributed by atoms with Crippen molar-refractivity contribution in [2.75, 3.05) is 21.2 Å². The molecule has 1 atom stereocenters. The minimum absolute atomic E-state index is 0.142. The van der Waals surface area contributed by atoms with Crippen molar-refractivity contribution in [1.82, 2.24) is 4.90 Å². The largest absolute Gasteiger partial charge is 0.469 e. The van der Waals surface area contributed by atoms with E-state index in [9.17, 15) is 9.59 Å². The molecule has 15 heavy (non-hydrogen) atoms. The van der Waals surface area contributed by atoms with Crippen LogP contribution in [-0.2, 0) is 14.3 Å². The van der Waals surface area contributed by atoms with Gasteiger partial charge in [-0.05, 0) is 12.8 Å². The number of ether oxygens (including phenoxy) is 1. The van der Waals surface area contributed by atoms with Crippen LogP contribution in [0.3, 0.4) is 0 Å². The zero-order valence-corrected chi connectivity index (χ0v) is 9.45. The summed E-state index contributed by atoms with van der Waals surface area (Å²) in [5, 5.41) is 0. The van der Waals surface area contributed by atoms with Crippen molar-refractivity contribution in [2.24, 2.45) is 5.92 Å². The number of carbonyl (C=O) groups excluding carboxylic acids is 2. The zero-order valence-electron chi connectivity index (χ0n) is 9.45. The molecule has 1 aliphatic carbocycles. The third-order valence-electron chi connectivity index (χ3n) is 2.49. The summed E-state index contributed by atoms with van der Waals surface area (Å²) >= 11 is 0. The molecule has 1 saturated carbocycles. The van der Waals surface area contributed by atoms with E-state index in [1.807, 2.05) is 19.0 Å². The molecule has 0 bridgehead atoms. The number of methoxy groups -OCH3 is 1. The van der Waals surface area contributed by atoms with Crippen molar-refractivity contribution >= 4 is 11.8 Å². The standard InChI is InChI=1S/C11H17NO3/c1-12(2)7-9-6-8(11(14)15-3)4-5-10(9)13/h7-8H,4-6H2,1-3H3. The molecule has 0 amide bonds. The van der Waals surface area contributed by atoms with E-state index in [4.69, 9.17) is 0 Å². The molecular formula is C11H17NO3. The van der Waals surface area contributed by atoms with Gasteiger partial charge in [-0.3, -0.25) is 9.59 Å². The van der Waals surface area contributed by atoms with E-state index in [1.165, 1.54) is 7.11 Å². The molecule has 0 radical (unpaired) electrons. The van der Waals surface area contributed by atoms with E-state index in [-0.39, 0.29) is 17.7 Å². The lowest BCUT2D eigenvalue weighted by atomic mass is 9.85. The van der Waals surface area contributed by atoms with Crippen molar-refractivity contribution in [1.29, 1.82) is 0 Å². The number of allylic oxidation sites excluding steroid dienone is 1. The fourth-order valence-corrected chi connectivity index (χ4v) is 1.75. The zero-order chi connectivity index (χ0) is 11.4. The maximum atomic E-state index is 11.5. The molecule has 1 unspecified atom stereocenters. The molecular weight excluding hydrogens is 194 g/mol. The van der Waals surface area contributed by atoms with Crippen LogP contribution >= 0.6 is 0 Å². The lowest BCUT2D eigenvalue weighted by Crippen LogP contribution is -2.25. The highest BCUT2D eigenvalue weighted by Crippen LogP contribution is 2.26. The van der Waals surface area contributed by atoms with Crippen LogP contribution in [0.4, 0.5) is 0 Å². The third kappa shape index (κ3) is 3.08. The molecule has 4 heteroatoms. The monoisotopic (exact) mass is 211 g/mol. The Labute approximate surface area is 89.9 Å². The highest BCUT2D eigenvalue weighted by molar-refractivity contribution is 5.97. The summed E-state index contributed by atoms with van der Waals surface area (Å²) in [4.78, 5) is 24.7. The molecule has 0 aromatic heterocycles. The van der Waals surface area contributed by atoms with Crippen molar-refractivity contribution in [2.45, 2.75) is 19.3 Å². The smallest absolute Gasteiger partial charge is 0.309 e. The number of Topliss-reactive ketones (excluding diaryl/α,β-unsaturated/α-hetero) is 1. The number of carbonyl (C=O) groups is 2. The SMILES string of the molecule is COC(=O)C1CCC(=O)C(=CN(C)C)C1. The molecule has 84 valence electrons. The van der Waals surface area contributed by atoms with Gasteiger partial charge in [0.15, 0.2) is 5.78 Å². The lowest BCUT2D eigenvalue weighted by Gasteiger charge is -2.22. The molecule has 0 N–H and O–H groups in total. The van der Waals surface area contributed by atoms with Crippen LogP contribution in [0, 0.1) is 5.92 Å². The van der Waals surface area contributed by atoms with E-state index in [0.717, 1.165) is 5.57 Å². The van der Waals surface area contributed by atoms with Crippen LogP contribution in [0.5, 0.6) is 0 Å². The molecule has 0 aromatic carbocycles. The predicted octanol–water partition coefficient (Wildman–Crippen LogP) is 0.974. The van der Waals surface area contributed by atoms with E-state index in [0.29, 0.717) is 19.3 Å². The second kappa shape index (κ2) is 4.96. The molecule has 0 aromatic rings. The Bertz CT molecular complexity index is 294. The van der Waals surface area contributed by atoms with Gasteiger partial charge in [-0.15, -0.1) is 0 Å². The van der Waals surface area contributed by atoms with Gasteiger partial charge in [0.1, 0.15) is 0 Å². The summed E-state index contributed by atoms with van der Waals surface area (Å²) in [6, 6.07) is 0. The van der Waals surface area contributed by atoms with Gasteiger partial charge in [0, 0.05) is 32.3 Å². The Balaban J connectivity index is 2.72. The molecule has 1 fully saturated rings. The highest BCUT2D eigenvalue weighted by atomic mass is 16.5. The van der Waals surface area contributed by atoms with Gasteiger partial charge in [-0.25, -0.2) is 0 Å². The summed E-state index contributed by atoms with van der Waals surface area (Å²) in [6.45, 7) is 0. The molecule has 1 rings (SSSR count). The van der Waals surface area contributed by atoms with Crippen LogP contribution in [-0.4, -0.2) is 37.9 Å². The topological polar surface area (TPSA) is 46.6 Å². The summed E-state index contributed by atoms with van der Waals surface area (Å²) in [7, 11) is 5.11. The molecule has 4 nitrogen and oxygen atoms in total. The maximum absolute atomic E-state index is 11.5. The van der Waals surface area contributed by atoms with Gasteiger partial charge in [-0.1, -0.05) is 0 Å². The van der Waals surface area contributed by atoms with Gasteiger partial charge < -0.3 is 9.64 Å². The van der Waals surface area contributed by atoms with Crippen LogP contribution in [0.25, 0.3) is 0 Å². The molecule has 0 spiro atoms. The fraction of sp³-hybridized carbons (Fsp3) is 0.636. The van der Waals surface area contributed by atoms with E-state index >= 15 is 0 Å². The first-order chi connectivity index (χ1) is 7.04. The fourth-order valence-electron chi connectivity index (χ4n) is 1.75. The minimum atomic E-state index is -0.216. The first kappa shape index (κ1) is 11.8. The number of esters is 1. The van der Waals surface area contributed by atoms with Crippen LogP contribution in [0.15, 0.2) is 11.8 Å². The molecule has 0 heterocycles. The Hall–Kier alpha value is -1.32. The molecule has 0 aliphatic heterocycles. The Morgan fingerprint density at radius 1 is 1.53 bits per heavy atom. The normalized spacial score (nSPS) is 24.1. The van der Waals surface area contributed by atoms with Gasteiger partial charge in [-0.2, -0.15) is 0 Å². The van der Waals surface area contributed by atoms with Gasteiger partial charge in [0.25, 0.3) is 0 Å². The number of ketones is 1. The molecule has 1 aliphatic rings. The second-order valence-electron chi connectivity index (χ2n) is 4.00. The lowest BCUT2D eigenvalue weighted by molar-refractivity contribution is -0.146. The minimum Gasteiger partial charge on any atom is -0.469 e. The number of hydrogen-bond donors (Lipinski definition) is 0. The quantitative estimate of drug-likeness (QED) is 0.504. The number of nitrogens with zero attached hydrogens (tertiary/aromatic N) is 1. The van der Waals surface area contributed by atoms with E-state index in [1.54, 1.807) is 6.20 Å². The maximum Gasteiger partial charge on any atom is 0.309 e. The summed E-state index contributed by atoms with van der Waals surface area (Å²) in [5.74, 6) is -0.227. The van der Waals surface area contributed by atoms with Crippen LogP contribution in [0.2, 0.25) is 0 Å². The van der Waals surface area contributed by atoms with Gasteiger partial charge in [0.2, 0.25) is 0 Å². The van der Waals surface area contributed by atoms with Crippen LogP contribution < -0.4 is 0 Å². The summed E-state index contributed by atoms with van der Waals surface area (Å²) in [5.41, 5.74) is 0.724. The average molecular weight is 211 g/mol. The van der Waals surface area contributed by atoms with E-state index in [2.05, 4.69) is 4.74 Å². The number of rotatable bonds is 2. The van der Waals surface area contributed by atoms with Crippen molar-refractivity contribution in [3.05, 3.63) is 11.8 Å². The highest BCUT2D eigenvalue weighted by Gasteiger charge is 2.29. The van der Waals surface area contributed by atoms with Crippen LogP contribution in [0.1, 0.15) is 19.3 Å². The second-order valence-corrected chi connectivity index (χ2v) is 4.00. The van der Waals surface area contributed by atoms with Crippen molar-refractivity contribution in [3.8, 4) is 0 Å². The first-order valence-corrected chi connectivity index (χ1v) is 5.02. The Morgan fingerprint density at radius 3 is 2.73 bits per heavy atom. The summed E-state index contributed by atoms with van der Waals surface area (Å²) < 4.78 is 4.69. The van der Waals surface area contributed by atoms with E-state index < -0.39 is 0 Å². The summed E-state index contributed by atoms with van der Waals surface area (Å²) in [6.07, 6.45) is 3.34. The van der Waals surface area contributed by atoms with Gasteiger partial charge in [0.05, 0.1) is 13.0 Å². The van der Waals surface area contributed by atoms with Crippen molar-refractivity contribution < 1.29 is 14.3 Å². The first-order valence-electron chi connectivity index (χ1n) is 5.02. The predicted molar refractivity (Wildman–Crippen MR) is 56.1 cm³/mol. The van der Waals surface area contributed by atoms with Gasteiger partial charge >= 0.3 is 5.97 Å².